The van der Waals surface area contributed by atoms with Gasteiger partial charge in [-0.15, -0.1) is 0 Å². The number of halogens is 2. The van der Waals surface area contributed by atoms with Crippen LogP contribution in [0.15, 0.2) is 42.6 Å². The van der Waals surface area contributed by atoms with E-state index in [9.17, 15) is 4.79 Å². The third-order valence-electron chi connectivity index (χ3n) is 6.72. The number of nitrogens with zero attached hydrogens (tertiary/aromatic N) is 2. The number of amides is 1. The number of pyridine rings is 1. The first-order valence-corrected chi connectivity index (χ1v) is 12.2. The van der Waals surface area contributed by atoms with Gasteiger partial charge in [-0.2, -0.15) is 0 Å². The molecular formula is C28H32F2N4O2. The van der Waals surface area contributed by atoms with Crippen LogP contribution in [0.2, 0.25) is 0 Å². The van der Waals surface area contributed by atoms with Crippen molar-refractivity contribution in [2.75, 3.05) is 36.9 Å². The molecule has 0 bridgehead atoms. The predicted octanol–water partition coefficient (Wildman–Crippen LogP) is 4.73. The maximum Gasteiger partial charge on any atom is 0.207 e. The largest absolute Gasteiger partial charge is 0.383 e. The fraction of sp³-hybridized carbons (Fsp3) is 0.357. The van der Waals surface area contributed by atoms with Gasteiger partial charge < -0.3 is 20.7 Å². The molecule has 0 radical (unpaired) electrons. The molecule has 0 saturated carbocycles. The van der Waals surface area contributed by atoms with Gasteiger partial charge in [-0.3, -0.25) is 4.79 Å². The molecule has 3 aromatic rings. The highest BCUT2D eigenvalue weighted by Gasteiger charge is 2.24. The van der Waals surface area contributed by atoms with Gasteiger partial charge in [0.05, 0.1) is 12.7 Å². The Balaban J connectivity index is 1.65. The maximum atomic E-state index is 15.3. The summed E-state index contributed by atoms with van der Waals surface area (Å²) in [4.78, 5) is 17.0. The van der Waals surface area contributed by atoms with Gasteiger partial charge in [0.25, 0.3) is 0 Å². The van der Waals surface area contributed by atoms with E-state index in [1.807, 2.05) is 13.0 Å². The smallest absolute Gasteiger partial charge is 0.207 e. The summed E-state index contributed by atoms with van der Waals surface area (Å²) in [7, 11) is 0. The van der Waals surface area contributed by atoms with Crippen molar-refractivity contribution in [3.05, 3.63) is 65.4 Å². The first-order valence-electron chi connectivity index (χ1n) is 12.2. The minimum Gasteiger partial charge on any atom is -0.383 e. The normalized spacial score (nSPS) is 15.8. The van der Waals surface area contributed by atoms with E-state index in [0.29, 0.717) is 67.2 Å². The number of hydrogen-bond donors (Lipinski definition) is 2. The Hall–Kier alpha value is -3.52. The molecule has 1 unspecified atom stereocenters. The van der Waals surface area contributed by atoms with Gasteiger partial charge in [0.15, 0.2) is 0 Å². The quantitative estimate of drug-likeness (QED) is 0.350. The second-order valence-electron chi connectivity index (χ2n) is 9.50. The van der Waals surface area contributed by atoms with Gasteiger partial charge in [0.2, 0.25) is 6.41 Å². The molecule has 8 heteroatoms. The zero-order valence-electron chi connectivity index (χ0n) is 20.9. The Morgan fingerprint density at radius 3 is 2.67 bits per heavy atom. The van der Waals surface area contributed by atoms with Crippen molar-refractivity contribution in [3.8, 4) is 22.3 Å². The van der Waals surface area contributed by atoms with Gasteiger partial charge in [-0.1, -0.05) is 13.8 Å². The van der Waals surface area contributed by atoms with Crippen molar-refractivity contribution in [3.63, 3.8) is 0 Å². The minimum atomic E-state index is -0.437. The van der Waals surface area contributed by atoms with Gasteiger partial charge >= 0.3 is 0 Å². The molecule has 1 aliphatic rings. The van der Waals surface area contributed by atoms with Crippen LogP contribution in [0, 0.1) is 24.5 Å². The lowest BCUT2D eigenvalue weighted by Crippen LogP contribution is -2.44. The molecule has 3 N–H and O–H groups in total. The topological polar surface area (TPSA) is 80.5 Å². The number of aromatic nitrogens is 1. The molecule has 2 heterocycles. The van der Waals surface area contributed by atoms with Crippen LogP contribution >= 0.6 is 0 Å². The number of hydrogen-bond acceptors (Lipinski definition) is 5. The van der Waals surface area contributed by atoms with E-state index in [1.165, 1.54) is 18.3 Å². The summed E-state index contributed by atoms with van der Waals surface area (Å²) in [5.74, 6) is -0.292. The zero-order valence-corrected chi connectivity index (χ0v) is 20.9. The van der Waals surface area contributed by atoms with E-state index in [2.05, 4.69) is 29.0 Å². The summed E-state index contributed by atoms with van der Waals surface area (Å²) in [5, 5.41) is 2.62. The van der Waals surface area contributed by atoms with E-state index in [0.717, 1.165) is 16.8 Å². The van der Waals surface area contributed by atoms with Crippen LogP contribution < -0.4 is 16.0 Å². The average Bonchev–Trinajstić information content (AvgIpc) is 2.86. The lowest BCUT2D eigenvalue weighted by atomic mass is 9.95. The fourth-order valence-electron chi connectivity index (χ4n) is 4.55. The minimum absolute atomic E-state index is 0.105. The average molecular weight is 495 g/mol. The second kappa shape index (κ2) is 11.0. The van der Waals surface area contributed by atoms with E-state index in [1.54, 1.807) is 18.2 Å². The summed E-state index contributed by atoms with van der Waals surface area (Å²) in [5.41, 5.74) is 10.1. The van der Waals surface area contributed by atoms with Crippen molar-refractivity contribution >= 4 is 17.9 Å². The number of benzene rings is 2. The Bertz CT molecular complexity index is 1250. The van der Waals surface area contributed by atoms with Crippen molar-refractivity contribution in [1.29, 1.82) is 0 Å². The molecule has 1 amide bonds. The van der Waals surface area contributed by atoms with Crippen LogP contribution in [0.1, 0.15) is 25.0 Å². The van der Waals surface area contributed by atoms with Crippen molar-refractivity contribution in [1.82, 2.24) is 10.3 Å². The molecule has 190 valence electrons. The van der Waals surface area contributed by atoms with Crippen LogP contribution in [0.4, 0.5) is 20.3 Å². The summed E-state index contributed by atoms with van der Waals surface area (Å²) >= 11 is 0. The van der Waals surface area contributed by atoms with Gasteiger partial charge in [0.1, 0.15) is 17.5 Å². The summed E-state index contributed by atoms with van der Waals surface area (Å²) < 4.78 is 36.2. The lowest BCUT2D eigenvalue weighted by molar-refractivity contribution is -0.109. The molecule has 2 aromatic carbocycles. The Morgan fingerprint density at radius 2 is 1.94 bits per heavy atom. The second-order valence-corrected chi connectivity index (χ2v) is 9.50. The summed E-state index contributed by atoms with van der Waals surface area (Å²) in [6, 6.07) is 9.98. The van der Waals surface area contributed by atoms with Crippen LogP contribution in [0.5, 0.6) is 0 Å². The fourth-order valence-corrected chi connectivity index (χ4v) is 4.55. The third-order valence-corrected chi connectivity index (χ3v) is 6.72. The molecule has 1 atom stereocenters. The van der Waals surface area contributed by atoms with Crippen LogP contribution in [0.25, 0.3) is 22.3 Å². The monoisotopic (exact) mass is 494 g/mol. The number of rotatable bonds is 8. The first-order chi connectivity index (χ1) is 17.3. The number of carbonyl (C=O) groups is 1. The number of anilines is 2. The molecule has 0 aliphatic carbocycles. The Labute approximate surface area is 210 Å². The van der Waals surface area contributed by atoms with Crippen LogP contribution in [-0.4, -0.2) is 43.7 Å². The molecule has 4 rings (SSSR count). The van der Waals surface area contributed by atoms with E-state index in [-0.39, 0.29) is 17.7 Å². The van der Waals surface area contributed by atoms with Crippen LogP contribution in [0.3, 0.4) is 0 Å². The number of morpholine rings is 1. The first kappa shape index (κ1) is 25.6. The summed E-state index contributed by atoms with van der Waals surface area (Å²) in [6.07, 6.45) is 2.78. The molecule has 6 nitrogen and oxygen atoms in total. The van der Waals surface area contributed by atoms with E-state index < -0.39 is 5.82 Å². The highest BCUT2D eigenvalue weighted by Crippen LogP contribution is 2.35. The zero-order chi connectivity index (χ0) is 25.8. The van der Waals surface area contributed by atoms with Crippen molar-refractivity contribution in [2.45, 2.75) is 33.3 Å². The highest BCUT2D eigenvalue weighted by molar-refractivity contribution is 5.80. The third kappa shape index (κ3) is 5.49. The molecule has 1 saturated heterocycles. The number of ether oxygens (including phenoxy) is 1. The summed E-state index contributed by atoms with van der Waals surface area (Å²) in [6.45, 7) is 8.50. The number of carbonyl (C=O) groups excluding carboxylic acids is 1. The Kier molecular flexibility index (Phi) is 7.84. The molecule has 0 spiro atoms. The van der Waals surface area contributed by atoms with Gasteiger partial charge in [0, 0.05) is 53.8 Å². The number of nitrogens with two attached hydrogens (primary N) is 1. The van der Waals surface area contributed by atoms with Crippen molar-refractivity contribution < 1.29 is 18.3 Å². The number of nitrogen functional groups attached to an aromatic ring is 1. The van der Waals surface area contributed by atoms with E-state index >= 15 is 8.78 Å². The standard InChI is InChI=1S/C28H32F2N4O2/c1-17(2)27-15-34(8-9-36-27)21-4-5-22(26(30)13-21)20-12-24(28(31)33-14-20)23-11-19(6-7-32-16-35)18(3)10-25(23)29/h4-5,10-14,16-17,27H,6-9,15H2,1-3H3,(H2,31,33)(H,32,35). The Morgan fingerprint density at radius 1 is 1.17 bits per heavy atom. The molecule has 1 aliphatic heterocycles. The number of nitrogens with one attached hydrogen (secondary N) is 1. The molecule has 1 aromatic heterocycles. The van der Waals surface area contributed by atoms with Crippen molar-refractivity contribution in [2.24, 2.45) is 5.92 Å². The highest BCUT2D eigenvalue weighted by atomic mass is 19.1. The van der Waals surface area contributed by atoms with E-state index in [4.69, 9.17) is 10.5 Å². The van der Waals surface area contributed by atoms with Gasteiger partial charge in [-0.05, 0) is 66.8 Å². The predicted molar refractivity (Wildman–Crippen MR) is 139 cm³/mol. The molecular weight excluding hydrogens is 462 g/mol. The number of aryl methyl sites for hydroxylation is 1. The van der Waals surface area contributed by atoms with Crippen LogP contribution in [-0.2, 0) is 16.0 Å². The van der Waals surface area contributed by atoms with Gasteiger partial charge in [-0.25, -0.2) is 13.8 Å². The maximum absolute atomic E-state index is 15.3. The lowest BCUT2D eigenvalue weighted by Gasteiger charge is -2.36. The molecule has 36 heavy (non-hydrogen) atoms. The SMILES string of the molecule is Cc1cc(F)c(-c2cc(-c3ccc(N4CCOC(C(C)C)C4)cc3F)cnc2N)cc1CCNC=O. The molecule has 1 fully saturated rings.